The Bertz CT molecular complexity index is 512. The average molecular weight is 298 g/mol. The van der Waals surface area contributed by atoms with E-state index in [-0.39, 0.29) is 11.5 Å². The number of hydrogen-bond donors (Lipinski definition) is 1. The molecule has 0 unspecified atom stereocenters. The zero-order chi connectivity index (χ0) is 15.2. The van der Waals surface area contributed by atoms with Crippen LogP contribution in [0.15, 0.2) is 24.3 Å². The van der Waals surface area contributed by atoms with Crippen molar-refractivity contribution in [2.75, 3.05) is 23.8 Å². The number of nitrogen functional groups attached to an aromatic ring is 1. The Morgan fingerprint density at radius 2 is 2.00 bits per heavy atom. The molecule has 2 N–H and O–H groups in total. The molecule has 0 spiro atoms. The minimum atomic E-state index is -2.87. The van der Waals surface area contributed by atoms with Gasteiger partial charge < -0.3 is 5.73 Å². The molecule has 4 nitrogen and oxygen atoms in total. The van der Waals surface area contributed by atoms with Crippen LogP contribution in [0.1, 0.15) is 32.8 Å². The molecular formula is C15H26N2O2S. The summed E-state index contributed by atoms with van der Waals surface area (Å²) in [6.45, 7) is 7.53. The first-order valence-electron chi connectivity index (χ1n) is 7.13. The van der Waals surface area contributed by atoms with Gasteiger partial charge in [0, 0.05) is 24.0 Å². The maximum atomic E-state index is 11.5. The number of sulfone groups is 1. The first kappa shape index (κ1) is 17.0. The van der Waals surface area contributed by atoms with Crippen molar-refractivity contribution in [3.8, 4) is 0 Å². The second kappa shape index (κ2) is 7.64. The van der Waals surface area contributed by atoms with Crippen LogP contribution < -0.4 is 5.73 Å². The number of hydrogen-bond acceptors (Lipinski definition) is 4. The molecule has 0 saturated carbocycles. The Morgan fingerprint density at radius 1 is 1.30 bits per heavy atom. The van der Waals surface area contributed by atoms with Crippen molar-refractivity contribution in [2.45, 2.75) is 39.8 Å². The van der Waals surface area contributed by atoms with E-state index in [1.807, 2.05) is 18.2 Å². The topological polar surface area (TPSA) is 63.4 Å². The Labute approximate surface area is 122 Å². The van der Waals surface area contributed by atoms with Crippen LogP contribution in [0.5, 0.6) is 0 Å². The zero-order valence-electron chi connectivity index (χ0n) is 12.7. The third-order valence-electron chi connectivity index (χ3n) is 3.41. The van der Waals surface area contributed by atoms with Gasteiger partial charge in [-0.15, -0.1) is 0 Å². The lowest BCUT2D eigenvalue weighted by atomic mass is 10.1. The van der Waals surface area contributed by atoms with Gasteiger partial charge in [0.25, 0.3) is 0 Å². The highest BCUT2D eigenvalue weighted by molar-refractivity contribution is 7.91. The van der Waals surface area contributed by atoms with Gasteiger partial charge in [0.2, 0.25) is 0 Å². The Hall–Kier alpha value is -1.07. The van der Waals surface area contributed by atoms with Crippen molar-refractivity contribution in [2.24, 2.45) is 0 Å². The number of benzene rings is 1. The van der Waals surface area contributed by atoms with Crippen molar-refractivity contribution in [3.63, 3.8) is 0 Å². The molecule has 114 valence electrons. The van der Waals surface area contributed by atoms with E-state index >= 15 is 0 Å². The molecule has 0 aliphatic carbocycles. The Morgan fingerprint density at radius 3 is 2.55 bits per heavy atom. The van der Waals surface area contributed by atoms with Crippen molar-refractivity contribution >= 4 is 15.5 Å². The monoisotopic (exact) mass is 298 g/mol. The number of rotatable bonds is 8. The number of nitrogens with zero attached hydrogens (tertiary/aromatic N) is 1. The van der Waals surface area contributed by atoms with Crippen LogP contribution in [0.4, 0.5) is 5.69 Å². The summed E-state index contributed by atoms with van der Waals surface area (Å²) in [5, 5.41) is 0. The predicted molar refractivity (Wildman–Crippen MR) is 85.3 cm³/mol. The predicted octanol–water partition coefficient (Wildman–Crippen LogP) is 2.30. The molecule has 0 heterocycles. The summed E-state index contributed by atoms with van der Waals surface area (Å²) in [6, 6.07) is 8.22. The summed E-state index contributed by atoms with van der Waals surface area (Å²) in [4.78, 5) is 2.28. The zero-order valence-corrected chi connectivity index (χ0v) is 13.5. The molecular weight excluding hydrogens is 272 g/mol. The van der Waals surface area contributed by atoms with Gasteiger partial charge in [-0.25, -0.2) is 8.42 Å². The maximum Gasteiger partial charge on any atom is 0.150 e. The summed E-state index contributed by atoms with van der Waals surface area (Å²) in [5.41, 5.74) is 7.72. The molecule has 0 saturated heterocycles. The van der Waals surface area contributed by atoms with Crippen LogP contribution in [-0.2, 0) is 16.4 Å². The lowest BCUT2D eigenvalue weighted by Crippen LogP contribution is -2.32. The van der Waals surface area contributed by atoms with Crippen LogP contribution in [0.3, 0.4) is 0 Å². The van der Waals surface area contributed by atoms with Crippen LogP contribution >= 0.6 is 0 Å². The lowest BCUT2D eigenvalue weighted by Gasteiger charge is -2.26. The van der Waals surface area contributed by atoms with E-state index in [1.165, 1.54) is 0 Å². The molecule has 0 aromatic heterocycles. The molecule has 20 heavy (non-hydrogen) atoms. The summed E-state index contributed by atoms with van der Waals surface area (Å²) in [5.74, 6) is 0.494. The van der Waals surface area contributed by atoms with Gasteiger partial charge >= 0.3 is 0 Å². The van der Waals surface area contributed by atoms with E-state index in [4.69, 9.17) is 5.73 Å². The largest absolute Gasteiger partial charge is 0.399 e. The first-order valence-corrected chi connectivity index (χ1v) is 8.95. The summed E-state index contributed by atoms with van der Waals surface area (Å²) >= 11 is 0. The van der Waals surface area contributed by atoms with Crippen LogP contribution in [-0.4, -0.2) is 37.4 Å². The number of anilines is 1. The van der Waals surface area contributed by atoms with Crippen molar-refractivity contribution in [3.05, 3.63) is 29.8 Å². The third-order valence-corrected chi connectivity index (χ3v) is 5.20. The third kappa shape index (κ3) is 5.92. The van der Waals surface area contributed by atoms with Gasteiger partial charge in [-0.05, 0) is 44.5 Å². The summed E-state index contributed by atoms with van der Waals surface area (Å²) in [7, 11) is -2.87. The van der Waals surface area contributed by atoms with E-state index in [9.17, 15) is 8.42 Å². The molecule has 0 fully saturated rings. The fraction of sp³-hybridized carbons (Fsp3) is 0.600. The molecule has 0 atom stereocenters. The minimum Gasteiger partial charge on any atom is -0.399 e. The van der Waals surface area contributed by atoms with Crippen LogP contribution in [0.2, 0.25) is 0 Å². The van der Waals surface area contributed by atoms with Crippen LogP contribution in [0, 0.1) is 0 Å². The maximum absolute atomic E-state index is 11.5. The van der Waals surface area contributed by atoms with Crippen molar-refractivity contribution in [1.82, 2.24) is 4.90 Å². The average Bonchev–Trinajstić information content (AvgIpc) is 2.37. The van der Waals surface area contributed by atoms with Gasteiger partial charge in [-0.2, -0.15) is 0 Å². The second-order valence-electron chi connectivity index (χ2n) is 5.40. The quantitative estimate of drug-likeness (QED) is 0.748. The van der Waals surface area contributed by atoms with Gasteiger partial charge in [0.1, 0.15) is 9.84 Å². The molecule has 1 aromatic rings. The number of nitrogens with two attached hydrogens (primary N) is 1. The van der Waals surface area contributed by atoms with E-state index in [0.29, 0.717) is 12.5 Å². The fourth-order valence-corrected chi connectivity index (χ4v) is 2.94. The van der Waals surface area contributed by atoms with Gasteiger partial charge in [-0.3, -0.25) is 4.90 Å². The molecule has 1 aromatic carbocycles. The molecule has 0 aliphatic heterocycles. The first-order chi connectivity index (χ1) is 9.34. The molecule has 1 rings (SSSR count). The highest BCUT2D eigenvalue weighted by Gasteiger charge is 2.13. The highest BCUT2D eigenvalue weighted by atomic mass is 32.2. The fourth-order valence-electron chi connectivity index (χ4n) is 2.08. The summed E-state index contributed by atoms with van der Waals surface area (Å²) in [6.07, 6.45) is 0.677. The highest BCUT2D eigenvalue weighted by Crippen LogP contribution is 2.12. The Kier molecular flexibility index (Phi) is 6.49. The minimum absolute atomic E-state index is 0.226. The Balaban J connectivity index is 2.57. The smallest absolute Gasteiger partial charge is 0.150 e. The normalized spacial score (nSPS) is 12.2. The van der Waals surface area contributed by atoms with Crippen molar-refractivity contribution < 1.29 is 8.42 Å². The molecule has 5 heteroatoms. The summed E-state index contributed by atoms with van der Waals surface area (Å²) < 4.78 is 23.0. The molecule has 0 amide bonds. The lowest BCUT2D eigenvalue weighted by molar-refractivity contribution is 0.213. The standard InChI is InChI=1S/C15H26N2O2S/c1-4-20(18,19)10-6-9-17(13(2)3)12-14-7-5-8-15(16)11-14/h5,7-8,11,13H,4,6,9-10,12,16H2,1-3H3. The van der Waals surface area contributed by atoms with Gasteiger partial charge in [-0.1, -0.05) is 19.1 Å². The van der Waals surface area contributed by atoms with E-state index in [2.05, 4.69) is 24.8 Å². The SMILES string of the molecule is CCS(=O)(=O)CCCN(Cc1cccc(N)c1)C(C)C. The van der Waals surface area contributed by atoms with E-state index in [1.54, 1.807) is 6.92 Å². The van der Waals surface area contributed by atoms with Gasteiger partial charge in [0.05, 0.1) is 5.75 Å². The van der Waals surface area contributed by atoms with Gasteiger partial charge in [0.15, 0.2) is 0 Å². The molecule has 0 radical (unpaired) electrons. The molecule has 0 aliphatic rings. The van der Waals surface area contributed by atoms with Crippen LogP contribution in [0.25, 0.3) is 0 Å². The van der Waals surface area contributed by atoms with E-state index < -0.39 is 9.84 Å². The second-order valence-corrected chi connectivity index (χ2v) is 7.87. The van der Waals surface area contributed by atoms with E-state index in [0.717, 1.165) is 24.3 Å². The van der Waals surface area contributed by atoms with Crippen molar-refractivity contribution in [1.29, 1.82) is 0 Å². The molecule has 0 bridgehead atoms.